The lowest BCUT2D eigenvalue weighted by Crippen LogP contribution is -2.26. The number of hydrogen-bond donors (Lipinski definition) is 1. The summed E-state index contributed by atoms with van der Waals surface area (Å²) in [5.41, 5.74) is 2.50. The standard InChI is InChI=1S/C12H20N2O3S/c1-5-6-18(15,16)14-8-11-10(3)12(17-4)9(2)7-13-11/h7,14H,5-6,8H2,1-4H3. The number of aryl methyl sites for hydroxylation is 1. The van der Waals surface area contributed by atoms with E-state index in [9.17, 15) is 8.42 Å². The van der Waals surface area contributed by atoms with Crippen molar-refractivity contribution >= 4 is 10.0 Å². The van der Waals surface area contributed by atoms with Gasteiger partial charge in [0.15, 0.2) is 0 Å². The lowest BCUT2D eigenvalue weighted by atomic mass is 10.1. The van der Waals surface area contributed by atoms with Crippen LogP contribution in [0.5, 0.6) is 5.75 Å². The molecule has 1 rings (SSSR count). The summed E-state index contributed by atoms with van der Waals surface area (Å²) in [4.78, 5) is 4.24. The van der Waals surface area contributed by atoms with Gasteiger partial charge in [-0.1, -0.05) is 6.92 Å². The second kappa shape index (κ2) is 6.15. The molecule has 0 radical (unpaired) electrons. The summed E-state index contributed by atoms with van der Waals surface area (Å²) in [5.74, 6) is 0.893. The average molecular weight is 272 g/mol. The number of ether oxygens (including phenoxy) is 1. The highest BCUT2D eigenvalue weighted by Gasteiger charge is 2.13. The smallest absolute Gasteiger partial charge is 0.211 e. The minimum Gasteiger partial charge on any atom is -0.496 e. The van der Waals surface area contributed by atoms with Gasteiger partial charge in [0.05, 0.1) is 25.1 Å². The molecule has 1 aromatic rings. The highest BCUT2D eigenvalue weighted by atomic mass is 32.2. The lowest BCUT2D eigenvalue weighted by Gasteiger charge is -2.12. The fraction of sp³-hybridized carbons (Fsp3) is 0.583. The molecule has 0 bridgehead atoms. The fourth-order valence-corrected chi connectivity index (χ4v) is 2.81. The molecule has 0 aliphatic carbocycles. The largest absolute Gasteiger partial charge is 0.496 e. The van der Waals surface area contributed by atoms with E-state index in [4.69, 9.17) is 4.74 Å². The number of nitrogens with zero attached hydrogens (tertiary/aromatic N) is 1. The van der Waals surface area contributed by atoms with Crippen molar-refractivity contribution in [1.29, 1.82) is 0 Å². The maximum atomic E-state index is 11.6. The van der Waals surface area contributed by atoms with E-state index in [-0.39, 0.29) is 12.3 Å². The second-order valence-corrected chi connectivity index (χ2v) is 6.11. The first-order valence-electron chi connectivity index (χ1n) is 5.87. The molecule has 102 valence electrons. The highest BCUT2D eigenvalue weighted by molar-refractivity contribution is 7.89. The molecule has 0 fully saturated rings. The van der Waals surface area contributed by atoms with Gasteiger partial charge in [-0.15, -0.1) is 0 Å². The van der Waals surface area contributed by atoms with Gasteiger partial charge >= 0.3 is 0 Å². The van der Waals surface area contributed by atoms with Crippen LogP contribution in [-0.2, 0) is 16.6 Å². The van der Waals surface area contributed by atoms with E-state index in [0.29, 0.717) is 12.1 Å². The van der Waals surface area contributed by atoms with E-state index in [0.717, 1.165) is 16.9 Å². The Morgan fingerprint density at radius 2 is 2.06 bits per heavy atom. The van der Waals surface area contributed by atoms with Crippen LogP contribution in [0.3, 0.4) is 0 Å². The van der Waals surface area contributed by atoms with E-state index >= 15 is 0 Å². The van der Waals surface area contributed by atoms with Crippen LogP contribution in [0.1, 0.15) is 30.2 Å². The third kappa shape index (κ3) is 3.68. The van der Waals surface area contributed by atoms with Crippen molar-refractivity contribution < 1.29 is 13.2 Å². The molecule has 0 unspecified atom stereocenters. The molecule has 0 amide bonds. The highest BCUT2D eigenvalue weighted by Crippen LogP contribution is 2.23. The van der Waals surface area contributed by atoms with Crippen LogP contribution >= 0.6 is 0 Å². The summed E-state index contributed by atoms with van der Waals surface area (Å²) in [6.07, 6.45) is 2.29. The van der Waals surface area contributed by atoms with E-state index in [1.165, 1.54) is 0 Å². The van der Waals surface area contributed by atoms with Crippen LogP contribution in [0.2, 0.25) is 0 Å². The molecule has 0 saturated carbocycles. The summed E-state index contributed by atoms with van der Waals surface area (Å²) in [6, 6.07) is 0. The first kappa shape index (κ1) is 14.9. The van der Waals surface area contributed by atoms with Crippen molar-refractivity contribution in [1.82, 2.24) is 9.71 Å². The third-order valence-corrected chi connectivity index (χ3v) is 4.21. The molecular weight excluding hydrogens is 252 g/mol. The molecule has 0 aromatic carbocycles. The molecule has 0 aliphatic rings. The predicted octanol–water partition coefficient (Wildman–Crippen LogP) is 1.54. The predicted molar refractivity (Wildman–Crippen MR) is 71.2 cm³/mol. The summed E-state index contributed by atoms with van der Waals surface area (Å²) in [6.45, 7) is 5.81. The monoisotopic (exact) mass is 272 g/mol. The molecule has 6 heteroatoms. The quantitative estimate of drug-likeness (QED) is 0.853. The average Bonchev–Trinajstić information content (AvgIpc) is 2.28. The number of aromatic nitrogens is 1. The normalized spacial score (nSPS) is 11.6. The van der Waals surface area contributed by atoms with Crippen LogP contribution in [0, 0.1) is 13.8 Å². The van der Waals surface area contributed by atoms with Crippen LogP contribution in [0.15, 0.2) is 6.20 Å². The van der Waals surface area contributed by atoms with Crippen molar-refractivity contribution in [3.8, 4) is 5.75 Å². The van der Waals surface area contributed by atoms with Gasteiger partial charge in [0.1, 0.15) is 5.75 Å². The van der Waals surface area contributed by atoms with Crippen molar-refractivity contribution in [2.75, 3.05) is 12.9 Å². The fourth-order valence-electron chi connectivity index (χ4n) is 1.77. The van der Waals surface area contributed by atoms with E-state index < -0.39 is 10.0 Å². The zero-order valence-electron chi connectivity index (χ0n) is 11.3. The lowest BCUT2D eigenvalue weighted by molar-refractivity contribution is 0.406. The zero-order valence-corrected chi connectivity index (χ0v) is 12.1. The number of sulfonamides is 1. The molecule has 0 atom stereocenters. The van der Waals surface area contributed by atoms with Gasteiger partial charge in [-0.05, 0) is 20.3 Å². The van der Waals surface area contributed by atoms with Crippen LogP contribution in [0.4, 0.5) is 0 Å². The van der Waals surface area contributed by atoms with Crippen molar-refractivity contribution in [2.24, 2.45) is 0 Å². The molecular formula is C12H20N2O3S. The summed E-state index contributed by atoms with van der Waals surface area (Å²) in [5, 5.41) is 0. The SMILES string of the molecule is CCCS(=O)(=O)NCc1ncc(C)c(OC)c1C. The van der Waals surface area contributed by atoms with Gasteiger partial charge in [0.25, 0.3) is 0 Å². The molecule has 1 N–H and O–H groups in total. The first-order chi connectivity index (χ1) is 8.41. The minimum absolute atomic E-state index is 0.134. The summed E-state index contributed by atoms with van der Waals surface area (Å²) in [7, 11) is -1.61. The minimum atomic E-state index is -3.21. The van der Waals surface area contributed by atoms with Crippen molar-refractivity contribution in [3.63, 3.8) is 0 Å². The zero-order chi connectivity index (χ0) is 13.8. The van der Waals surface area contributed by atoms with Crippen LogP contribution in [-0.4, -0.2) is 26.3 Å². The van der Waals surface area contributed by atoms with Gasteiger partial charge in [0, 0.05) is 17.3 Å². The maximum Gasteiger partial charge on any atom is 0.211 e. The van der Waals surface area contributed by atoms with Gasteiger partial charge in [-0.3, -0.25) is 4.98 Å². The molecule has 1 aromatic heterocycles. The van der Waals surface area contributed by atoms with Crippen LogP contribution < -0.4 is 9.46 Å². The Morgan fingerprint density at radius 1 is 1.39 bits per heavy atom. The van der Waals surface area contributed by atoms with Crippen molar-refractivity contribution in [2.45, 2.75) is 33.7 Å². The second-order valence-electron chi connectivity index (χ2n) is 4.19. The Hall–Kier alpha value is -1.14. The number of nitrogens with one attached hydrogen (secondary N) is 1. The number of rotatable bonds is 6. The van der Waals surface area contributed by atoms with Gasteiger partial charge in [0.2, 0.25) is 10.0 Å². The number of pyridine rings is 1. The number of methoxy groups -OCH3 is 1. The molecule has 18 heavy (non-hydrogen) atoms. The van der Waals surface area contributed by atoms with E-state index in [1.807, 2.05) is 20.8 Å². The van der Waals surface area contributed by atoms with Crippen LogP contribution in [0.25, 0.3) is 0 Å². The molecule has 1 heterocycles. The Labute approximate surface area is 109 Å². The molecule has 5 nitrogen and oxygen atoms in total. The van der Waals surface area contributed by atoms with Gasteiger partial charge in [-0.2, -0.15) is 0 Å². The van der Waals surface area contributed by atoms with Gasteiger partial charge in [-0.25, -0.2) is 13.1 Å². The molecule has 0 spiro atoms. The maximum absolute atomic E-state index is 11.6. The Balaban J connectivity index is 2.87. The Morgan fingerprint density at radius 3 is 2.61 bits per heavy atom. The van der Waals surface area contributed by atoms with Crippen molar-refractivity contribution in [3.05, 3.63) is 23.0 Å². The third-order valence-electron chi connectivity index (χ3n) is 2.68. The number of hydrogen-bond acceptors (Lipinski definition) is 4. The molecule has 0 saturated heterocycles. The van der Waals surface area contributed by atoms with E-state index in [2.05, 4.69) is 9.71 Å². The van der Waals surface area contributed by atoms with Gasteiger partial charge < -0.3 is 4.74 Å². The first-order valence-corrected chi connectivity index (χ1v) is 7.53. The topological polar surface area (TPSA) is 68.3 Å². The van der Waals surface area contributed by atoms with E-state index in [1.54, 1.807) is 13.3 Å². The molecule has 0 aliphatic heterocycles. The Kier molecular flexibility index (Phi) is 5.10. The Bertz CT molecular complexity index is 512. The summed E-state index contributed by atoms with van der Waals surface area (Å²) < 4.78 is 31.0. The summed E-state index contributed by atoms with van der Waals surface area (Å²) >= 11 is 0.